The molecule has 0 aliphatic heterocycles. The van der Waals surface area contributed by atoms with Crippen LogP contribution in [0.25, 0.3) is 0 Å². The van der Waals surface area contributed by atoms with Gasteiger partial charge in [0, 0.05) is 23.3 Å². The van der Waals surface area contributed by atoms with E-state index in [1.54, 1.807) is 0 Å². The summed E-state index contributed by atoms with van der Waals surface area (Å²) >= 11 is 0. The first-order valence-electron chi connectivity index (χ1n) is 8.71. The fourth-order valence-corrected chi connectivity index (χ4v) is 2.58. The van der Waals surface area contributed by atoms with Crippen LogP contribution in [0, 0.1) is 0 Å². The molecule has 0 amide bonds. The minimum atomic E-state index is 0.0309. The highest BCUT2D eigenvalue weighted by Crippen LogP contribution is 2.17. The summed E-state index contributed by atoms with van der Waals surface area (Å²) in [7, 11) is 0. The molecule has 132 valence electrons. The van der Waals surface area contributed by atoms with Gasteiger partial charge in [0.15, 0.2) is 24.7 Å². The number of nitrogens with zero attached hydrogens (tertiary/aromatic N) is 1. The molecule has 0 N–H and O–H groups in total. The smallest absolute Gasteiger partial charge is 0.193 e. The fraction of sp³-hybridized carbons (Fsp3) is 0.182. The average Bonchev–Trinajstić information content (AvgIpc) is 2.70. The van der Waals surface area contributed by atoms with Gasteiger partial charge in [-0.05, 0) is 31.2 Å². The van der Waals surface area contributed by atoms with Crippen molar-refractivity contribution in [1.82, 2.24) is 0 Å². The lowest BCUT2D eigenvalue weighted by molar-refractivity contribution is -0.697. The zero-order valence-corrected chi connectivity index (χ0v) is 14.8. The van der Waals surface area contributed by atoms with Crippen LogP contribution in [-0.4, -0.2) is 19.0 Å². The van der Waals surface area contributed by atoms with Gasteiger partial charge >= 0.3 is 0 Å². The molecule has 0 atom stereocenters. The third-order valence-corrected chi connectivity index (χ3v) is 3.94. The van der Waals surface area contributed by atoms with Gasteiger partial charge in [-0.25, -0.2) is 4.57 Å². The van der Waals surface area contributed by atoms with Crippen molar-refractivity contribution in [2.45, 2.75) is 13.5 Å². The van der Waals surface area contributed by atoms with Gasteiger partial charge in [0.1, 0.15) is 18.1 Å². The van der Waals surface area contributed by atoms with Crippen molar-refractivity contribution in [3.05, 3.63) is 90.3 Å². The first kappa shape index (κ1) is 17.7. The molecular weight excluding hydrogens is 326 g/mol. The summed E-state index contributed by atoms with van der Waals surface area (Å²) in [5, 5.41) is 0. The molecule has 3 aromatic rings. The fourth-order valence-electron chi connectivity index (χ4n) is 2.58. The molecular formula is C22H22NO3+. The third-order valence-electron chi connectivity index (χ3n) is 3.94. The molecule has 4 nitrogen and oxygen atoms in total. The Kier molecular flexibility index (Phi) is 5.99. The maximum absolute atomic E-state index is 12.4. The quantitative estimate of drug-likeness (QED) is 0.460. The van der Waals surface area contributed by atoms with Crippen LogP contribution in [0.1, 0.15) is 22.8 Å². The Morgan fingerprint density at radius 2 is 1.38 bits per heavy atom. The third kappa shape index (κ3) is 4.70. The van der Waals surface area contributed by atoms with Gasteiger partial charge in [-0.15, -0.1) is 0 Å². The van der Waals surface area contributed by atoms with Gasteiger partial charge in [-0.3, -0.25) is 4.79 Å². The average molecular weight is 348 g/mol. The van der Waals surface area contributed by atoms with Gasteiger partial charge < -0.3 is 9.47 Å². The van der Waals surface area contributed by atoms with Crippen molar-refractivity contribution in [1.29, 1.82) is 0 Å². The minimum Gasteiger partial charge on any atom is -0.494 e. The summed E-state index contributed by atoms with van der Waals surface area (Å²) in [4.78, 5) is 12.4. The number of rotatable bonds is 8. The van der Waals surface area contributed by atoms with Crippen molar-refractivity contribution >= 4 is 5.78 Å². The molecule has 0 spiro atoms. The lowest BCUT2D eigenvalue weighted by Gasteiger charge is -2.06. The highest BCUT2D eigenvalue weighted by atomic mass is 16.5. The number of benzene rings is 2. The predicted molar refractivity (Wildman–Crippen MR) is 99.6 cm³/mol. The number of pyridine rings is 1. The molecule has 0 aliphatic rings. The van der Waals surface area contributed by atoms with E-state index in [2.05, 4.69) is 0 Å². The Labute approximate surface area is 153 Å². The number of aromatic nitrogens is 1. The molecule has 2 aromatic carbocycles. The van der Waals surface area contributed by atoms with Crippen molar-refractivity contribution in [2.24, 2.45) is 0 Å². The zero-order valence-electron chi connectivity index (χ0n) is 14.8. The van der Waals surface area contributed by atoms with Crippen LogP contribution < -0.4 is 14.0 Å². The first-order valence-corrected chi connectivity index (χ1v) is 8.71. The van der Waals surface area contributed by atoms with E-state index in [0.29, 0.717) is 30.9 Å². The molecule has 0 unspecified atom stereocenters. The van der Waals surface area contributed by atoms with Crippen LogP contribution in [0.2, 0.25) is 0 Å². The number of hydrogen-bond donors (Lipinski definition) is 0. The number of hydrogen-bond acceptors (Lipinski definition) is 3. The topological polar surface area (TPSA) is 39.4 Å². The standard InChI is InChI=1S/C22H22NO3/c1-2-25-20-8-10-21(11-9-20)26-17-16-23-14-12-19(13-15-23)22(24)18-6-4-3-5-7-18/h3-15H,2,16-17H2,1H3/q+1. The summed E-state index contributed by atoms with van der Waals surface area (Å²) in [6.45, 7) is 3.86. The Morgan fingerprint density at radius 3 is 2.00 bits per heavy atom. The molecule has 26 heavy (non-hydrogen) atoms. The molecule has 0 saturated carbocycles. The first-order chi connectivity index (χ1) is 12.8. The number of carbonyl (C=O) groups excluding carboxylic acids is 1. The van der Waals surface area contributed by atoms with Crippen LogP contribution in [-0.2, 0) is 6.54 Å². The highest BCUT2D eigenvalue weighted by Gasteiger charge is 2.10. The largest absolute Gasteiger partial charge is 0.494 e. The maximum Gasteiger partial charge on any atom is 0.193 e. The second kappa shape index (κ2) is 8.81. The van der Waals surface area contributed by atoms with Crippen LogP contribution in [0.5, 0.6) is 11.5 Å². The molecule has 1 heterocycles. The summed E-state index contributed by atoms with van der Waals surface area (Å²) in [5.74, 6) is 1.68. The SMILES string of the molecule is CCOc1ccc(OCC[n+]2ccc(C(=O)c3ccccc3)cc2)cc1. The Bertz CT molecular complexity index is 828. The lowest BCUT2D eigenvalue weighted by atomic mass is 10.0. The van der Waals surface area contributed by atoms with E-state index in [-0.39, 0.29) is 5.78 Å². The van der Waals surface area contributed by atoms with Crippen LogP contribution in [0.4, 0.5) is 0 Å². The zero-order chi connectivity index (χ0) is 18.2. The van der Waals surface area contributed by atoms with Crippen molar-refractivity contribution in [2.75, 3.05) is 13.2 Å². The molecule has 0 aliphatic carbocycles. The summed E-state index contributed by atoms with van der Waals surface area (Å²) in [5.41, 5.74) is 1.38. The molecule has 4 heteroatoms. The van der Waals surface area contributed by atoms with E-state index in [9.17, 15) is 4.79 Å². The molecule has 1 aromatic heterocycles. The Hall–Kier alpha value is -3.14. The van der Waals surface area contributed by atoms with E-state index in [1.807, 2.05) is 90.6 Å². The Morgan fingerprint density at radius 1 is 0.808 bits per heavy atom. The van der Waals surface area contributed by atoms with Gasteiger partial charge in [0.25, 0.3) is 0 Å². The second-order valence-electron chi connectivity index (χ2n) is 5.77. The van der Waals surface area contributed by atoms with Crippen LogP contribution in [0.15, 0.2) is 79.1 Å². The number of ketones is 1. The van der Waals surface area contributed by atoms with E-state index >= 15 is 0 Å². The van der Waals surface area contributed by atoms with Gasteiger partial charge in [-0.1, -0.05) is 30.3 Å². The monoisotopic (exact) mass is 348 g/mol. The second-order valence-corrected chi connectivity index (χ2v) is 5.77. The van der Waals surface area contributed by atoms with Crippen molar-refractivity contribution < 1.29 is 18.8 Å². The van der Waals surface area contributed by atoms with Crippen LogP contribution in [0.3, 0.4) is 0 Å². The summed E-state index contributed by atoms with van der Waals surface area (Å²) < 4.78 is 13.2. The van der Waals surface area contributed by atoms with Gasteiger partial charge in [0.05, 0.1) is 6.61 Å². The van der Waals surface area contributed by atoms with Gasteiger partial charge in [-0.2, -0.15) is 0 Å². The summed E-state index contributed by atoms with van der Waals surface area (Å²) in [6, 6.07) is 20.6. The predicted octanol–water partition coefficient (Wildman–Crippen LogP) is 3.68. The molecule has 0 saturated heterocycles. The van der Waals surface area contributed by atoms with Crippen LogP contribution >= 0.6 is 0 Å². The summed E-state index contributed by atoms with van der Waals surface area (Å²) in [6.07, 6.45) is 3.80. The number of ether oxygens (including phenoxy) is 2. The van der Waals surface area contributed by atoms with E-state index < -0.39 is 0 Å². The number of carbonyl (C=O) groups is 1. The van der Waals surface area contributed by atoms with E-state index in [4.69, 9.17) is 9.47 Å². The molecule has 0 radical (unpaired) electrons. The Balaban J connectivity index is 1.52. The molecule has 3 rings (SSSR count). The highest BCUT2D eigenvalue weighted by molar-refractivity contribution is 6.08. The lowest BCUT2D eigenvalue weighted by Crippen LogP contribution is -2.36. The van der Waals surface area contributed by atoms with Gasteiger partial charge in [0.2, 0.25) is 0 Å². The minimum absolute atomic E-state index is 0.0309. The molecule has 0 fully saturated rings. The van der Waals surface area contributed by atoms with Crippen molar-refractivity contribution in [3.63, 3.8) is 0 Å². The van der Waals surface area contributed by atoms with Crippen molar-refractivity contribution in [3.8, 4) is 11.5 Å². The molecule has 0 bridgehead atoms. The maximum atomic E-state index is 12.4. The van der Waals surface area contributed by atoms with E-state index in [0.717, 1.165) is 11.5 Å². The normalized spacial score (nSPS) is 10.3. The van der Waals surface area contributed by atoms with E-state index in [1.165, 1.54) is 0 Å².